The quantitative estimate of drug-likeness (QED) is 0.161. The number of nitrogens with zero attached hydrogens (tertiary/aromatic N) is 1. The SMILES string of the molecule is c1ccc(-c2ccc(-c3ccc(N(c4ccc(-c5ccc6oc7ccccc7c6c5)cc4)c4ccc(-c5ccc6oc7ccccc7c6c5)cc4)c4ccccc34)cc2)cc1. The van der Waals surface area contributed by atoms with Crippen LogP contribution in [0.4, 0.5) is 17.1 Å². The topological polar surface area (TPSA) is 29.5 Å². The van der Waals surface area contributed by atoms with Crippen molar-refractivity contribution >= 4 is 71.7 Å². The molecule has 0 saturated heterocycles. The van der Waals surface area contributed by atoms with E-state index in [0.717, 1.165) is 83.2 Å². The fraction of sp³-hybridized carbons (Fsp3) is 0. The van der Waals surface area contributed by atoms with Crippen LogP contribution in [0.25, 0.3) is 99.2 Å². The van der Waals surface area contributed by atoms with Crippen molar-refractivity contribution in [1.29, 1.82) is 0 Å². The Morgan fingerprint density at radius 2 is 0.639 bits per heavy atom. The highest BCUT2D eigenvalue weighted by Crippen LogP contribution is 2.44. The highest BCUT2D eigenvalue weighted by Gasteiger charge is 2.19. The van der Waals surface area contributed by atoms with Gasteiger partial charge in [0.05, 0.1) is 5.69 Å². The van der Waals surface area contributed by atoms with E-state index in [1.807, 2.05) is 24.3 Å². The molecular formula is C58H37NO2. The molecule has 0 unspecified atom stereocenters. The van der Waals surface area contributed by atoms with Gasteiger partial charge in [0.1, 0.15) is 22.3 Å². The minimum Gasteiger partial charge on any atom is -0.456 e. The summed E-state index contributed by atoms with van der Waals surface area (Å²) in [6, 6.07) is 80.2. The zero-order chi connectivity index (χ0) is 40.3. The second-order valence-electron chi connectivity index (χ2n) is 15.7. The molecule has 0 saturated carbocycles. The third-order valence-electron chi connectivity index (χ3n) is 12.1. The van der Waals surface area contributed by atoms with Crippen LogP contribution in [-0.2, 0) is 0 Å². The highest BCUT2D eigenvalue weighted by atomic mass is 16.3. The maximum Gasteiger partial charge on any atom is 0.135 e. The largest absolute Gasteiger partial charge is 0.456 e. The molecule has 3 heteroatoms. The van der Waals surface area contributed by atoms with E-state index in [0.29, 0.717) is 0 Å². The van der Waals surface area contributed by atoms with Gasteiger partial charge in [0.15, 0.2) is 0 Å². The van der Waals surface area contributed by atoms with Crippen molar-refractivity contribution in [2.45, 2.75) is 0 Å². The summed E-state index contributed by atoms with van der Waals surface area (Å²) in [5.41, 5.74) is 16.3. The fourth-order valence-corrected chi connectivity index (χ4v) is 9.05. The second kappa shape index (κ2) is 14.3. The Morgan fingerprint density at radius 3 is 1.20 bits per heavy atom. The van der Waals surface area contributed by atoms with E-state index in [2.05, 4.69) is 205 Å². The molecule has 2 aromatic heterocycles. The van der Waals surface area contributed by atoms with Crippen LogP contribution in [0.3, 0.4) is 0 Å². The van der Waals surface area contributed by atoms with E-state index in [9.17, 15) is 0 Å². The maximum atomic E-state index is 6.14. The average Bonchev–Trinajstić information content (AvgIpc) is 3.90. The van der Waals surface area contributed by atoms with E-state index < -0.39 is 0 Å². The van der Waals surface area contributed by atoms with Crippen molar-refractivity contribution in [3.63, 3.8) is 0 Å². The molecule has 61 heavy (non-hydrogen) atoms. The molecule has 0 atom stereocenters. The summed E-state index contributed by atoms with van der Waals surface area (Å²) in [6.45, 7) is 0. The van der Waals surface area contributed by atoms with Gasteiger partial charge in [-0.2, -0.15) is 0 Å². The summed E-state index contributed by atoms with van der Waals surface area (Å²) in [6.07, 6.45) is 0. The highest BCUT2D eigenvalue weighted by molar-refractivity contribution is 6.08. The molecule has 0 bridgehead atoms. The lowest BCUT2D eigenvalue weighted by molar-refractivity contribution is 0.668. The minimum absolute atomic E-state index is 0.900. The molecule has 0 radical (unpaired) electrons. The first-order valence-corrected chi connectivity index (χ1v) is 20.7. The van der Waals surface area contributed by atoms with E-state index >= 15 is 0 Å². The predicted molar refractivity (Wildman–Crippen MR) is 255 cm³/mol. The summed E-state index contributed by atoms with van der Waals surface area (Å²) < 4.78 is 12.3. The van der Waals surface area contributed by atoms with Crippen molar-refractivity contribution in [2.75, 3.05) is 4.90 Å². The molecule has 0 spiro atoms. The molecule has 10 aromatic carbocycles. The minimum atomic E-state index is 0.900. The number of furan rings is 2. The van der Waals surface area contributed by atoms with Crippen molar-refractivity contribution < 1.29 is 8.83 Å². The molecule has 0 aliphatic carbocycles. The Balaban J connectivity index is 0.963. The first kappa shape index (κ1) is 34.9. The summed E-state index contributed by atoms with van der Waals surface area (Å²) in [4.78, 5) is 2.39. The fourth-order valence-electron chi connectivity index (χ4n) is 9.05. The van der Waals surface area contributed by atoms with Crippen molar-refractivity contribution in [2.24, 2.45) is 0 Å². The Bertz CT molecular complexity index is 3400. The van der Waals surface area contributed by atoms with Crippen molar-refractivity contribution in [3.05, 3.63) is 224 Å². The standard InChI is InChI=1S/C58H37NO2/c1-2-10-38(11-3-1)39-18-20-42(21-19-39)47-32-33-54(49-13-5-4-12-48(47)49)59(45-28-22-40(23-29-45)43-26-34-57-52(36-43)50-14-6-8-16-55(50)60-57)46-30-24-41(25-31-46)44-27-35-58-53(37-44)51-15-7-9-17-56(51)61-58/h1-37H. The molecule has 2 heterocycles. The zero-order valence-electron chi connectivity index (χ0n) is 33.1. The third-order valence-corrected chi connectivity index (χ3v) is 12.1. The summed E-state index contributed by atoms with van der Waals surface area (Å²) in [7, 11) is 0. The van der Waals surface area contributed by atoms with Gasteiger partial charge in [0.2, 0.25) is 0 Å². The average molecular weight is 780 g/mol. The van der Waals surface area contributed by atoms with Gasteiger partial charge in [-0.05, 0) is 117 Å². The number of para-hydroxylation sites is 2. The van der Waals surface area contributed by atoms with Gasteiger partial charge in [-0.15, -0.1) is 0 Å². The molecule has 0 amide bonds. The Hall–Kier alpha value is -8.14. The van der Waals surface area contributed by atoms with Gasteiger partial charge in [-0.25, -0.2) is 0 Å². The number of rotatable bonds is 7. The third kappa shape index (κ3) is 6.06. The monoisotopic (exact) mass is 779 g/mol. The lowest BCUT2D eigenvalue weighted by Crippen LogP contribution is -2.10. The molecule has 12 rings (SSSR count). The maximum absolute atomic E-state index is 6.14. The van der Waals surface area contributed by atoms with E-state index in [1.165, 1.54) is 33.0 Å². The van der Waals surface area contributed by atoms with Gasteiger partial charge in [0.25, 0.3) is 0 Å². The van der Waals surface area contributed by atoms with Crippen LogP contribution in [0.5, 0.6) is 0 Å². The molecule has 12 aromatic rings. The smallest absolute Gasteiger partial charge is 0.135 e. The lowest BCUT2D eigenvalue weighted by Gasteiger charge is -2.28. The molecule has 0 fully saturated rings. The van der Waals surface area contributed by atoms with Crippen LogP contribution in [0.2, 0.25) is 0 Å². The Kier molecular flexibility index (Phi) is 8.17. The summed E-state index contributed by atoms with van der Waals surface area (Å²) >= 11 is 0. The van der Waals surface area contributed by atoms with Crippen molar-refractivity contribution in [1.82, 2.24) is 0 Å². The number of benzene rings is 10. The number of hydrogen-bond donors (Lipinski definition) is 0. The Labute approximate surface area is 353 Å². The number of anilines is 3. The van der Waals surface area contributed by atoms with Crippen LogP contribution in [-0.4, -0.2) is 0 Å². The second-order valence-corrected chi connectivity index (χ2v) is 15.7. The van der Waals surface area contributed by atoms with Crippen LogP contribution in [0.15, 0.2) is 233 Å². The van der Waals surface area contributed by atoms with Gasteiger partial charge >= 0.3 is 0 Å². The molecule has 3 nitrogen and oxygen atoms in total. The molecular weight excluding hydrogens is 743 g/mol. The molecule has 0 N–H and O–H groups in total. The van der Waals surface area contributed by atoms with Gasteiger partial charge < -0.3 is 13.7 Å². The Morgan fingerprint density at radius 1 is 0.246 bits per heavy atom. The van der Waals surface area contributed by atoms with Crippen LogP contribution >= 0.6 is 0 Å². The van der Waals surface area contributed by atoms with Gasteiger partial charge in [0, 0.05) is 38.3 Å². The number of hydrogen-bond acceptors (Lipinski definition) is 3. The van der Waals surface area contributed by atoms with Crippen LogP contribution < -0.4 is 4.90 Å². The zero-order valence-corrected chi connectivity index (χ0v) is 33.1. The molecule has 0 aliphatic heterocycles. The van der Waals surface area contributed by atoms with Crippen LogP contribution in [0, 0.1) is 0 Å². The lowest BCUT2D eigenvalue weighted by atomic mass is 9.94. The number of fused-ring (bicyclic) bond motifs is 7. The predicted octanol–water partition coefficient (Wildman–Crippen LogP) is 16.8. The first-order valence-electron chi connectivity index (χ1n) is 20.7. The van der Waals surface area contributed by atoms with E-state index in [-0.39, 0.29) is 0 Å². The van der Waals surface area contributed by atoms with Crippen LogP contribution in [0.1, 0.15) is 0 Å². The van der Waals surface area contributed by atoms with Gasteiger partial charge in [-0.3, -0.25) is 0 Å². The van der Waals surface area contributed by atoms with E-state index in [1.54, 1.807) is 0 Å². The first-order chi connectivity index (χ1) is 30.2. The van der Waals surface area contributed by atoms with Crippen molar-refractivity contribution in [3.8, 4) is 44.5 Å². The molecule has 0 aliphatic rings. The van der Waals surface area contributed by atoms with E-state index in [4.69, 9.17) is 8.83 Å². The molecule has 286 valence electrons. The van der Waals surface area contributed by atoms with Gasteiger partial charge in [-0.1, -0.05) is 158 Å². The summed E-state index contributed by atoms with van der Waals surface area (Å²) in [5, 5.41) is 6.89. The normalized spacial score (nSPS) is 11.6. The summed E-state index contributed by atoms with van der Waals surface area (Å²) in [5.74, 6) is 0.